The van der Waals surface area contributed by atoms with Crippen LogP contribution in [0.25, 0.3) is 10.8 Å². The Morgan fingerprint density at radius 3 is 2.38 bits per heavy atom. The van der Waals surface area contributed by atoms with Crippen molar-refractivity contribution in [1.82, 2.24) is 5.43 Å². The Kier molecular flexibility index (Phi) is 8.21. The van der Waals surface area contributed by atoms with Crippen molar-refractivity contribution in [1.29, 1.82) is 0 Å². The fourth-order valence-electron chi connectivity index (χ4n) is 3.49. The number of hydrazone groups is 1. The average molecular weight is 558 g/mol. The van der Waals surface area contributed by atoms with Gasteiger partial charge in [-0.3, -0.25) is 9.59 Å². The van der Waals surface area contributed by atoms with E-state index in [9.17, 15) is 27.9 Å². The number of alkyl halides is 3. The van der Waals surface area contributed by atoms with Crippen molar-refractivity contribution in [3.63, 3.8) is 0 Å². The molecule has 4 aromatic carbocycles. The molecule has 0 radical (unpaired) electrons. The molecule has 0 saturated carbocycles. The molecule has 0 bridgehead atoms. The first-order valence-corrected chi connectivity index (χ1v) is 11.6. The van der Waals surface area contributed by atoms with Gasteiger partial charge in [0.15, 0.2) is 6.61 Å². The zero-order chi connectivity index (χ0) is 28.0. The lowest BCUT2D eigenvalue weighted by Gasteiger charge is -2.12. The number of phenols is 1. The molecule has 4 rings (SSSR count). The van der Waals surface area contributed by atoms with Crippen molar-refractivity contribution in [2.45, 2.75) is 6.36 Å². The molecule has 0 aromatic heterocycles. The topological polar surface area (TPSA) is 109 Å². The second-order valence-electron chi connectivity index (χ2n) is 7.97. The van der Waals surface area contributed by atoms with Gasteiger partial charge < -0.3 is 19.9 Å². The average Bonchev–Trinajstić information content (AvgIpc) is 2.90. The first kappa shape index (κ1) is 27.3. The van der Waals surface area contributed by atoms with Crippen molar-refractivity contribution >= 4 is 46.1 Å². The molecule has 0 unspecified atom stereocenters. The monoisotopic (exact) mass is 557 g/mol. The summed E-state index contributed by atoms with van der Waals surface area (Å²) in [5, 5.41) is 17.5. The van der Waals surface area contributed by atoms with Gasteiger partial charge in [-0.2, -0.15) is 5.10 Å². The van der Waals surface area contributed by atoms with Crippen LogP contribution < -0.4 is 20.2 Å². The lowest BCUT2D eigenvalue weighted by Crippen LogP contribution is -2.20. The Balaban J connectivity index is 1.39. The molecule has 2 amide bonds. The summed E-state index contributed by atoms with van der Waals surface area (Å²) in [7, 11) is 0. The van der Waals surface area contributed by atoms with Crippen molar-refractivity contribution < 1.29 is 37.3 Å². The summed E-state index contributed by atoms with van der Waals surface area (Å²) in [5.74, 6) is -1.18. The van der Waals surface area contributed by atoms with Gasteiger partial charge in [-0.25, -0.2) is 5.43 Å². The van der Waals surface area contributed by atoms with Crippen LogP contribution in [-0.2, 0) is 4.79 Å². The van der Waals surface area contributed by atoms with Gasteiger partial charge in [0.1, 0.15) is 17.2 Å². The number of nitrogens with one attached hydrogen (secondary N) is 2. The molecule has 200 valence electrons. The van der Waals surface area contributed by atoms with Crippen molar-refractivity contribution in [2.24, 2.45) is 5.10 Å². The molecular weight excluding hydrogens is 539 g/mol. The number of carbonyl (C=O) groups excluding carboxylic acids is 2. The number of hydrogen-bond acceptors (Lipinski definition) is 6. The predicted molar refractivity (Wildman–Crippen MR) is 139 cm³/mol. The van der Waals surface area contributed by atoms with Crippen molar-refractivity contribution in [2.75, 3.05) is 11.9 Å². The molecule has 0 spiro atoms. The zero-order valence-corrected chi connectivity index (χ0v) is 20.6. The van der Waals surface area contributed by atoms with E-state index >= 15 is 0 Å². The number of hydrogen-bond donors (Lipinski definition) is 3. The third-order valence-electron chi connectivity index (χ3n) is 5.23. The quantitative estimate of drug-likeness (QED) is 0.185. The SMILES string of the molecule is O=C(COc1ccc(/C=N/NC(=O)c2ccc(O)c(Cl)c2)c2ccccc12)Nc1ccc(OC(F)(F)F)cc1. The van der Waals surface area contributed by atoms with Gasteiger partial charge in [0.2, 0.25) is 0 Å². The molecule has 12 heteroatoms. The van der Waals surface area contributed by atoms with Gasteiger partial charge in [0.05, 0.1) is 11.2 Å². The number of benzene rings is 4. The van der Waals surface area contributed by atoms with Crippen LogP contribution in [0.1, 0.15) is 15.9 Å². The molecule has 39 heavy (non-hydrogen) atoms. The molecule has 0 aliphatic heterocycles. The molecule has 0 fully saturated rings. The number of halogens is 4. The first-order valence-electron chi connectivity index (χ1n) is 11.2. The minimum absolute atomic E-state index is 0.0373. The number of rotatable bonds is 8. The minimum Gasteiger partial charge on any atom is -0.506 e. The second kappa shape index (κ2) is 11.7. The van der Waals surface area contributed by atoms with Gasteiger partial charge in [-0.1, -0.05) is 35.9 Å². The Morgan fingerprint density at radius 1 is 0.974 bits per heavy atom. The number of nitrogens with zero attached hydrogens (tertiary/aromatic N) is 1. The standard InChI is InChI=1S/C27H19ClF3N3O5/c28-22-13-16(5-11-23(22)35)26(37)34-32-14-17-6-12-24(21-4-2-1-3-20(17)21)38-15-25(36)33-18-7-9-19(10-8-18)39-27(29,30)31/h1-14,35H,15H2,(H,33,36)(H,34,37)/b32-14+. The van der Waals surface area contributed by atoms with Crippen molar-refractivity contribution in [3.8, 4) is 17.2 Å². The highest BCUT2D eigenvalue weighted by molar-refractivity contribution is 6.32. The maximum absolute atomic E-state index is 12.3. The van der Waals surface area contributed by atoms with E-state index in [2.05, 4.69) is 20.6 Å². The third-order valence-corrected chi connectivity index (χ3v) is 5.53. The molecule has 0 aliphatic carbocycles. The molecule has 0 saturated heterocycles. The van der Waals surface area contributed by atoms with Crippen LogP contribution >= 0.6 is 11.6 Å². The first-order chi connectivity index (χ1) is 18.6. The molecular formula is C27H19ClF3N3O5. The van der Waals surface area contributed by atoms with E-state index in [1.54, 1.807) is 30.3 Å². The van der Waals surface area contributed by atoms with Crippen LogP contribution in [-0.4, -0.2) is 36.1 Å². The fraction of sp³-hybridized carbons (Fsp3) is 0.0741. The second-order valence-corrected chi connectivity index (χ2v) is 8.38. The number of carbonyl (C=O) groups is 2. The van der Waals surface area contributed by atoms with E-state index in [1.807, 2.05) is 6.07 Å². The molecule has 4 aromatic rings. The number of aromatic hydroxyl groups is 1. The summed E-state index contributed by atoms with van der Waals surface area (Å²) in [4.78, 5) is 24.6. The smallest absolute Gasteiger partial charge is 0.506 e. The Labute approximate surface area is 224 Å². The predicted octanol–water partition coefficient (Wildman–Crippen LogP) is 5.88. The van der Waals surface area contributed by atoms with Gasteiger partial charge in [0.25, 0.3) is 11.8 Å². The molecule has 0 heterocycles. The maximum Gasteiger partial charge on any atom is 0.573 e. The third kappa shape index (κ3) is 7.39. The van der Waals surface area contributed by atoms with E-state index in [4.69, 9.17) is 16.3 Å². The molecule has 0 aliphatic rings. The van der Waals surface area contributed by atoms with Gasteiger partial charge in [-0.05, 0) is 60.0 Å². The highest BCUT2D eigenvalue weighted by Gasteiger charge is 2.31. The number of amides is 2. The summed E-state index contributed by atoms with van der Waals surface area (Å²) in [6.45, 7) is -0.358. The lowest BCUT2D eigenvalue weighted by atomic mass is 10.0. The summed E-state index contributed by atoms with van der Waals surface area (Å²) in [6, 6.07) is 19.3. The normalized spacial score (nSPS) is 11.4. The lowest BCUT2D eigenvalue weighted by molar-refractivity contribution is -0.274. The summed E-state index contributed by atoms with van der Waals surface area (Å²) < 4.78 is 46.3. The van der Waals surface area contributed by atoms with Gasteiger partial charge >= 0.3 is 6.36 Å². The molecule has 8 nitrogen and oxygen atoms in total. The number of phenolic OH excluding ortho intramolecular Hbond substituents is 1. The van der Waals surface area contributed by atoms with Gasteiger partial charge in [-0.15, -0.1) is 13.2 Å². The van der Waals surface area contributed by atoms with Crippen LogP contribution in [0, 0.1) is 0 Å². The molecule has 0 atom stereocenters. The largest absolute Gasteiger partial charge is 0.573 e. The highest BCUT2D eigenvalue weighted by atomic mass is 35.5. The van der Waals surface area contributed by atoms with Crippen molar-refractivity contribution in [3.05, 3.63) is 95.0 Å². The van der Waals surface area contributed by atoms with Gasteiger partial charge in [0, 0.05) is 22.2 Å². The number of ether oxygens (including phenoxy) is 2. The Morgan fingerprint density at radius 2 is 1.69 bits per heavy atom. The minimum atomic E-state index is -4.81. The Bertz CT molecular complexity index is 1540. The van der Waals surface area contributed by atoms with Crippen LogP contribution in [0.15, 0.2) is 84.0 Å². The summed E-state index contributed by atoms with van der Waals surface area (Å²) in [5.41, 5.74) is 3.54. The van der Waals surface area contributed by atoms with E-state index in [1.165, 1.54) is 36.5 Å². The summed E-state index contributed by atoms with van der Waals surface area (Å²) in [6.07, 6.45) is -3.36. The van der Waals surface area contributed by atoms with Crippen LogP contribution in [0.4, 0.5) is 18.9 Å². The maximum atomic E-state index is 12.3. The van der Waals surface area contributed by atoms with Crippen LogP contribution in [0.2, 0.25) is 5.02 Å². The Hall–Kier alpha value is -4.77. The number of fused-ring (bicyclic) bond motifs is 1. The molecule has 3 N–H and O–H groups in total. The van der Waals surface area contributed by atoms with Crippen LogP contribution in [0.5, 0.6) is 17.2 Å². The van der Waals surface area contributed by atoms with E-state index in [0.29, 0.717) is 16.7 Å². The van der Waals surface area contributed by atoms with Crippen LogP contribution in [0.3, 0.4) is 0 Å². The summed E-state index contributed by atoms with van der Waals surface area (Å²) >= 11 is 5.83. The zero-order valence-electron chi connectivity index (χ0n) is 19.8. The number of anilines is 1. The van der Waals surface area contributed by atoms with E-state index in [0.717, 1.165) is 17.5 Å². The van der Waals surface area contributed by atoms with E-state index in [-0.39, 0.29) is 28.6 Å². The fourth-order valence-corrected chi connectivity index (χ4v) is 3.67. The van der Waals surface area contributed by atoms with E-state index < -0.39 is 23.9 Å². The highest BCUT2D eigenvalue weighted by Crippen LogP contribution is 2.28.